The van der Waals surface area contributed by atoms with Crippen molar-refractivity contribution in [2.45, 2.75) is 10.8 Å². The van der Waals surface area contributed by atoms with Gasteiger partial charge in [0.05, 0.1) is 13.0 Å². The zero-order valence-corrected chi connectivity index (χ0v) is 19.4. The molecule has 0 bridgehead atoms. The molecule has 1 unspecified atom stereocenters. The number of para-hydroxylation sites is 2. The monoisotopic (exact) mass is 474 g/mol. The third-order valence-electron chi connectivity index (χ3n) is 5.29. The van der Waals surface area contributed by atoms with Gasteiger partial charge in [0.15, 0.2) is 18.1 Å². The predicted octanol–water partition coefficient (Wildman–Crippen LogP) is 4.62. The summed E-state index contributed by atoms with van der Waals surface area (Å²) >= 11 is 1.64. The Kier molecular flexibility index (Phi) is 6.95. The van der Waals surface area contributed by atoms with Crippen LogP contribution in [0.3, 0.4) is 0 Å². The van der Waals surface area contributed by atoms with Crippen LogP contribution in [-0.4, -0.2) is 25.9 Å². The van der Waals surface area contributed by atoms with Gasteiger partial charge in [-0.25, -0.2) is 4.79 Å². The summed E-state index contributed by atoms with van der Waals surface area (Å²) in [6.07, 6.45) is 2.00. The molecule has 3 aromatic rings. The van der Waals surface area contributed by atoms with E-state index in [1.54, 1.807) is 54.2 Å². The summed E-state index contributed by atoms with van der Waals surface area (Å²) in [5.74, 6) is 0.702. The summed E-state index contributed by atoms with van der Waals surface area (Å²) < 4.78 is 21.9. The van der Waals surface area contributed by atoms with E-state index in [1.807, 2.05) is 30.5 Å². The molecule has 0 aromatic heterocycles. The summed E-state index contributed by atoms with van der Waals surface area (Å²) in [7, 11) is 1.52. The summed E-state index contributed by atoms with van der Waals surface area (Å²) in [6.45, 7) is -0.302. The molecule has 3 aromatic carbocycles. The first-order valence-corrected chi connectivity index (χ1v) is 11.6. The highest BCUT2D eigenvalue weighted by atomic mass is 32.2. The van der Waals surface area contributed by atoms with E-state index in [0.29, 0.717) is 22.8 Å². The molecule has 0 amide bonds. The first kappa shape index (κ1) is 23.1. The quantitative estimate of drug-likeness (QED) is 0.301. The lowest BCUT2D eigenvalue weighted by Crippen LogP contribution is -2.21. The second-order valence-corrected chi connectivity index (χ2v) is 8.19. The minimum absolute atomic E-state index is 0.0249. The molecular formula is C26H22N2O5S. The van der Waals surface area contributed by atoms with E-state index in [2.05, 4.69) is 6.07 Å². The van der Waals surface area contributed by atoms with Crippen molar-refractivity contribution < 1.29 is 23.7 Å². The first-order chi connectivity index (χ1) is 16.5. The Balaban J connectivity index is 1.54. The molecule has 172 valence electrons. The molecule has 0 saturated carbocycles. The average Bonchev–Trinajstić information content (AvgIpc) is 2.86. The van der Waals surface area contributed by atoms with Gasteiger partial charge in [0.2, 0.25) is 5.88 Å². The molecule has 4 rings (SSSR count). The number of carbonyl (C=O) groups excluding carboxylic acids is 1. The normalized spacial score (nSPS) is 14.4. The third-order valence-corrected chi connectivity index (χ3v) is 6.03. The Bertz CT molecular complexity index is 1280. The zero-order valence-electron chi connectivity index (χ0n) is 18.6. The largest absolute Gasteiger partial charge is 0.493 e. The zero-order chi connectivity index (χ0) is 24.1. The number of fused-ring (bicyclic) bond motifs is 1. The number of methoxy groups -OCH3 is 1. The van der Waals surface area contributed by atoms with Gasteiger partial charge in [-0.3, -0.25) is 0 Å². The van der Waals surface area contributed by atoms with Crippen molar-refractivity contribution in [1.82, 2.24) is 0 Å². The minimum atomic E-state index is -0.591. The van der Waals surface area contributed by atoms with Gasteiger partial charge in [0, 0.05) is 16.5 Å². The fourth-order valence-corrected chi connectivity index (χ4v) is 4.08. The first-order valence-electron chi connectivity index (χ1n) is 10.4. The van der Waals surface area contributed by atoms with Crippen LogP contribution in [0.5, 0.6) is 23.0 Å². The number of ether oxygens (including phenoxy) is 4. The van der Waals surface area contributed by atoms with Gasteiger partial charge in [-0.2, -0.15) is 5.26 Å². The standard InChI is InChI=1S/C26H22N2O5S/c1-30-21-5-3-4-6-22(21)31-15-24(29)32-17-9-12-19-23(13-17)33-26(28)20(14-27)25(19)16-7-10-18(34-2)11-8-16/h3-13,25H,15,28H2,1-2H3. The van der Waals surface area contributed by atoms with Crippen LogP contribution in [0.15, 0.2) is 83.1 Å². The van der Waals surface area contributed by atoms with Crippen LogP contribution in [0.4, 0.5) is 0 Å². The Morgan fingerprint density at radius 3 is 2.53 bits per heavy atom. The smallest absolute Gasteiger partial charge is 0.349 e. The van der Waals surface area contributed by atoms with E-state index in [-0.39, 0.29) is 24.2 Å². The molecule has 0 radical (unpaired) electrons. The number of nitriles is 1. The van der Waals surface area contributed by atoms with E-state index in [4.69, 9.17) is 24.7 Å². The predicted molar refractivity (Wildman–Crippen MR) is 128 cm³/mol. The number of allylic oxidation sites excluding steroid dienone is 1. The van der Waals surface area contributed by atoms with E-state index in [9.17, 15) is 10.1 Å². The molecule has 0 saturated heterocycles. The second-order valence-electron chi connectivity index (χ2n) is 7.31. The molecule has 0 fully saturated rings. The van der Waals surface area contributed by atoms with Gasteiger partial charge < -0.3 is 24.7 Å². The van der Waals surface area contributed by atoms with Crippen LogP contribution >= 0.6 is 11.8 Å². The van der Waals surface area contributed by atoms with E-state index in [0.717, 1.165) is 16.0 Å². The molecule has 0 aliphatic carbocycles. The lowest BCUT2D eigenvalue weighted by atomic mass is 9.83. The number of nitrogens with zero attached hydrogens (tertiary/aromatic N) is 1. The number of benzene rings is 3. The van der Waals surface area contributed by atoms with Gasteiger partial charge in [0.1, 0.15) is 23.1 Å². The summed E-state index contributed by atoms with van der Waals surface area (Å²) in [4.78, 5) is 13.5. The molecule has 1 heterocycles. The molecule has 8 heteroatoms. The maximum Gasteiger partial charge on any atom is 0.349 e. The Morgan fingerprint density at radius 1 is 1.12 bits per heavy atom. The van der Waals surface area contributed by atoms with Crippen molar-refractivity contribution in [1.29, 1.82) is 5.26 Å². The molecule has 34 heavy (non-hydrogen) atoms. The Labute approximate surface area is 201 Å². The van der Waals surface area contributed by atoms with Crippen LogP contribution in [0.1, 0.15) is 17.0 Å². The number of hydrogen-bond donors (Lipinski definition) is 1. The third kappa shape index (κ3) is 4.80. The number of thioether (sulfide) groups is 1. The molecule has 1 atom stereocenters. The van der Waals surface area contributed by atoms with Crippen LogP contribution in [-0.2, 0) is 4.79 Å². The van der Waals surface area contributed by atoms with Crippen LogP contribution in [0, 0.1) is 11.3 Å². The lowest BCUT2D eigenvalue weighted by Gasteiger charge is -2.26. The van der Waals surface area contributed by atoms with Crippen molar-refractivity contribution in [3.63, 3.8) is 0 Å². The topological polar surface area (TPSA) is 104 Å². The van der Waals surface area contributed by atoms with Gasteiger partial charge in [-0.05, 0) is 42.2 Å². The highest BCUT2D eigenvalue weighted by Crippen LogP contribution is 2.43. The van der Waals surface area contributed by atoms with Crippen LogP contribution in [0.2, 0.25) is 0 Å². The van der Waals surface area contributed by atoms with Gasteiger partial charge in [-0.1, -0.05) is 30.3 Å². The number of hydrogen-bond acceptors (Lipinski definition) is 8. The highest BCUT2D eigenvalue weighted by molar-refractivity contribution is 7.98. The molecule has 2 N–H and O–H groups in total. The number of esters is 1. The Morgan fingerprint density at radius 2 is 1.85 bits per heavy atom. The molecule has 0 spiro atoms. The minimum Gasteiger partial charge on any atom is -0.493 e. The summed E-state index contributed by atoms with van der Waals surface area (Å²) in [5.41, 5.74) is 8.07. The number of rotatable bonds is 7. The molecule has 1 aliphatic heterocycles. The van der Waals surface area contributed by atoms with E-state index >= 15 is 0 Å². The lowest BCUT2D eigenvalue weighted by molar-refractivity contribution is -0.136. The SMILES string of the molecule is COc1ccccc1OCC(=O)Oc1ccc2c(c1)OC(N)=C(C#N)C2c1ccc(SC)cc1. The van der Waals surface area contributed by atoms with Crippen molar-refractivity contribution in [2.75, 3.05) is 20.0 Å². The number of carbonyl (C=O) groups is 1. The van der Waals surface area contributed by atoms with Crippen LogP contribution in [0.25, 0.3) is 0 Å². The van der Waals surface area contributed by atoms with Crippen molar-refractivity contribution in [3.05, 3.63) is 89.3 Å². The number of nitrogens with two attached hydrogens (primary N) is 1. The van der Waals surface area contributed by atoms with Crippen LogP contribution < -0.4 is 24.7 Å². The van der Waals surface area contributed by atoms with Gasteiger partial charge in [0.25, 0.3) is 0 Å². The van der Waals surface area contributed by atoms with E-state index < -0.39 is 5.97 Å². The van der Waals surface area contributed by atoms with Crippen molar-refractivity contribution in [3.8, 4) is 29.1 Å². The van der Waals surface area contributed by atoms with Crippen molar-refractivity contribution in [2.24, 2.45) is 5.73 Å². The van der Waals surface area contributed by atoms with Crippen molar-refractivity contribution >= 4 is 17.7 Å². The highest BCUT2D eigenvalue weighted by Gasteiger charge is 2.31. The second kappa shape index (κ2) is 10.2. The Hall–Kier alpha value is -4.09. The fraction of sp³-hybridized carbons (Fsp3) is 0.154. The van der Waals surface area contributed by atoms with Gasteiger partial charge >= 0.3 is 5.97 Å². The maximum atomic E-state index is 12.4. The molecule has 1 aliphatic rings. The average molecular weight is 475 g/mol. The molecule has 7 nitrogen and oxygen atoms in total. The summed E-state index contributed by atoms with van der Waals surface area (Å²) in [5, 5.41) is 9.72. The van der Waals surface area contributed by atoms with Gasteiger partial charge in [-0.15, -0.1) is 11.8 Å². The molecular weight excluding hydrogens is 452 g/mol. The maximum absolute atomic E-state index is 12.4. The fourth-order valence-electron chi connectivity index (χ4n) is 3.67. The van der Waals surface area contributed by atoms with E-state index in [1.165, 1.54) is 7.11 Å². The summed E-state index contributed by atoms with van der Waals surface area (Å²) in [6, 6.07) is 22.1.